The van der Waals surface area contributed by atoms with Crippen LogP contribution in [0.25, 0.3) is 0 Å². The Labute approximate surface area is 89.9 Å². The van der Waals surface area contributed by atoms with Crippen molar-refractivity contribution in [3.05, 3.63) is 18.2 Å². The number of methoxy groups -OCH3 is 1. The van der Waals surface area contributed by atoms with Crippen LogP contribution in [0.2, 0.25) is 0 Å². The van der Waals surface area contributed by atoms with Gasteiger partial charge in [0.25, 0.3) is 0 Å². The summed E-state index contributed by atoms with van der Waals surface area (Å²) in [6.07, 6.45) is 0. The standard InChI is InChI=1S/C11H17NO3/c1-3-14-6-7-15-9-4-5-10(12)11(8-9)13-2/h4-5,8H,3,6-7,12H2,1-2H3. The van der Waals surface area contributed by atoms with E-state index < -0.39 is 0 Å². The molecule has 4 nitrogen and oxygen atoms in total. The maximum Gasteiger partial charge on any atom is 0.145 e. The molecule has 0 fully saturated rings. The van der Waals surface area contributed by atoms with E-state index in [9.17, 15) is 0 Å². The first-order valence-electron chi connectivity index (χ1n) is 4.92. The number of rotatable bonds is 6. The Hall–Kier alpha value is -1.42. The molecule has 84 valence electrons. The molecule has 0 bridgehead atoms. The highest BCUT2D eigenvalue weighted by molar-refractivity contribution is 5.55. The minimum atomic E-state index is 0.529. The van der Waals surface area contributed by atoms with Gasteiger partial charge in [-0.25, -0.2) is 0 Å². The van der Waals surface area contributed by atoms with Crippen LogP contribution in [0, 0.1) is 0 Å². The van der Waals surface area contributed by atoms with Crippen LogP contribution in [0.1, 0.15) is 6.92 Å². The van der Waals surface area contributed by atoms with Gasteiger partial charge in [0.2, 0.25) is 0 Å². The topological polar surface area (TPSA) is 53.7 Å². The molecule has 0 radical (unpaired) electrons. The van der Waals surface area contributed by atoms with E-state index in [2.05, 4.69) is 0 Å². The fourth-order valence-electron chi connectivity index (χ4n) is 1.14. The van der Waals surface area contributed by atoms with Crippen molar-refractivity contribution in [2.24, 2.45) is 0 Å². The zero-order valence-corrected chi connectivity index (χ0v) is 9.16. The molecule has 1 rings (SSSR count). The lowest BCUT2D eigenvalue weighted by molar-refractivity contribution is 0.110. The van der Waals surface area contributed by atoms with Crippen LogP contribution in [0.5, 0.6) is 11.5 Å². The maximum atomic E-state index is 5.67. The number of nitrogens with two attached hydrogens (primary N) is 1. The van der Waals surface area contributed by atoms with Crippen LogP contribution in [0.3, 0.4) is 0 Å². The third kappa shape index (κ3) is 3.67. The molecule has 0 aliphatic heterocycles. The molecule has 0 amide bonds. The van der Waals surface area contributed by atoms with Gasteiger partial charge >= 0.3 is 0 Å². The Kier molecular flexibility index (Phi) is 4.77. The third-order valence-corrected chi connectivity index (χ3v) is 1.91. The fourth-order valence-corrected chi connectivity index (χ4v) is 1.14. The zero-order valence-electron chi connectivity index (χ0n) is 9.16. The molecule has 0 aromatic heterocycles. The molecule has 2 N–H and O–H groups in total. The van der Waals surface area contributed by atoms with Crippen molar-refractivity contribution in [1.82, 2.24) is 0 Å². The van der Waals surface area contributed by atoms with Gasteiger partial charge in [0.1, 0.15) is 18.1 Å². The van der Waals surface area contributed by atoms with Gasteiger partial charge in [-0.15, -0.1) is 0 Å². The Morgan fingerprint density at radius 3 is 2.73 bits per heavy atom. The summed E-state index contributed by atoms with van der Waals surface area (Å²) in [7, 11) is 1.58. The molecule has 0 spiro atoms. The highest BCUT2D eigenvalue weighted by atomic mass is 16.5. The second-order valence-corrected chi connectivity index (χ2v) is 2.95. The fraction of sp³-hybridized carbons (Fsp3) is 0.455. The summed E-state index contributed by atoms with van der Waals surface area (Å²) in [6, 6.07) is 5.33. The van der Waals surface area contributed by atoms with Crippen molar-refractivity contribution in [2.45, 2.75) is 6.92 Å². The first-order chi connectivity index (χ1) is 7.27. The second kappa shape index (κ2) is 6.14. The third-order valence-electron chi connectivity index (χ3n) is 1.91. The lowest BCUT2D eigenvalue weighted by atomic mass is 10.3. The first-order valence-corrected chi connectivity index (χ1v) is 4.92. The predicted molar refractivity (Wildman–Crippen MR) is 59.4 cm³/mol. The first kappa shape index (κ1) is 11.7. The SMILES string of the molecule is CCOCCOc1ccc(N)c(OC)c1. The summed E-state index contributed by atoms with van der Waals surface area (Å²) in [6.45, 7) is 3.77. The largest absolute Gasteiger partial charge is 0.494 e. The van der Waals surface area contributed by atoms with E-state index in [0.717, 1.165) is 5.75 Å². The monoisotopic (exact) mass is 211 g/mol. The highest BCUT2D eigenvalue weighted by Gasteiger charge is 2.01. The molecule has 0 atom stereocenters. The van der Waals surface area contributed by atoms with Gasteiger partial charge in [0.05, 0.1) is 19.4 Å². The molecule has 0 heterocycles. The average Bonchev–Trinajstić information content (AvgIpc) is 2.26. The summed E-state index contributed by atoms with van der Waals surface area (Å²) >= 11 is 0. The quantitative estimate of drug-likeness (QED) is 0.574. The predicted octanol–water partition coefficient (Wildman–Crippen LogP) is 1.69. The van der Waals surface area contributed by atoms with Gasteiger partial charge in [-0.2, -0.15) is 0 Å². The Balaban J connectivity index is 2.47. The van der Waals surface area contributed by atoms with Gasteiger partial charge in [0.15, 0.2) is 0 Å². The second-order valence-electron chi connectivity index (χ2n) is 2.95. The molecule has 0 saturated carbocycles. The molecular formula is C11H17NO3. The molecule has 4 heteroatoms. The Morgan fingerprint density at radius 2 is 2.07 bits per heavy atom. The van der Waals surface area contributed by atoms with E-state index in [1.807, 2.05) is 13.0 Å². The van der Waals surface area contributed by atoms with Gasteiger partial charge < -0.3 is 19.9 Å². The lowest BCUT2D eigenvalue weighted by Crippen LogP contribution is -2.06. The lowest BCUT2D eigenvalue weighted by Gasteiger charge is -2.09. The molecule has 15 heavy (non-hydrogen) atoms. The van der Waals surface area contributed by atoms with Crippen LogP contribution < -0.4 is 15.2 Å². The number of hydrogen-bond acceptors (Lipinski definition) is 4. The van der Waals surface area contributed by atoms with Crippen LogP contribution >= 0.6 is 0 Å². The molecule has 1 aromatic rings. The normalized spacial score (nSPS) is 10.0. The summed E-state index contributed by atoms with van der Waals surface area (Å²) in [5.74, 6) is 1.37. The van der Waals surface area contributed by atoms with Crippen LogP contribution in [-0.4, -0.2) is 26.9 Å². The summed E-state index contributed by atoms with van der Waals surface area (Å²) in [4.78, 5) is 0. The van der Waals surface area contributed by atoms with E-state index in [-0.39, 0.29) is 0 Å². The minimum absolute atomic E-state index is 0.529. The van der Waals surface area contributed by atoms with E-state index in [4.69, 9.17) is 19.9 Å². The van der Waals surface area contributed by atoms with E-state index >= 15 is 0 Å². The number of hydrogen-bond donors (Lipinski definition) is 1. The summed E-state index contributed by atoms with van der Waals surface area (Å²) < 4.78 is 15.7. The molecule has 1 aromatic carbocycles. The zero-order chi connectivity index (χ0) is 11.1. The van der Waals surface area contributed by atoms with E-state index in [0.29, 0.717) is 31.3 Å². The maximum absolute atomic E-state index is 5.67. The van der Waals surface area contributed by atoms with Crippen molar-refractivity contribution in [3.63, 3.8) is 0 Å². The summed E-state index contributed by atoms with van der Waals surface area (Å²) in [5, 5.41) is 0. The number of benzene rings is 1. The van der Waals surface area contributed by atoms with Crippen molar-refractivity contribution in [1.29, 1.82) is 0 Å². The van der Waals surface area contributed by atoms with Gasteiger partial charge in [-0.3, -0.25) is 0 Å². The van der Waals surface area contributed by atoms with Crippen LogP contribution in [0.4, 0.5) is 5.69 Å². The number of ether oxygens (including phenoxy) is 3. The average molecular weight is 211 g/mol. The van der Waals surface area contributed by atoms with Crippen molar-refractivity contribution >= 4 is 5.69 Å². The van der Waals surface area contributed by atoms with Gasteiger partial charge in [-0.1, -0.05) is 0 Å². The van der Waals surface area contributed by atoms with Gasteiger partial charge in [-0.05, 0) is 19.1 Å². The molecule has 0 saturated heterocycles. The van der Waals surface area contributed by atoms with Crippen molar-refractivity contribution < 1.29 is 14.2 Å². The van der Waals surface area contributed by atoms with Gasteiger partial charge in [0, 0.05) is 12.7 Å². The van der Waals surface area contributed by atoms with Crippen molar-refractivity contribution in [3.8, 4) is 11.5 Å². The number of nitrogen functional groups attached to an aromatic ring is 1. The number of anilines is 1. The Bertz CT molecular complexity index is 302. The minimum Gasteiger partial charge on any atom is -0.494 e. The van der Waals surface area contributed by atoms with Crippen LogP contribution in [-0.2, 0) is 4.74 Å². The molecule has 0 aliphatic carbocycles. The highest BCUT2D eigenvalue weighted by Crippen LogP contribution is 2.26. The van der Waals surface area contributed by atoms with Crippen molar-refractivity contribution in [2.75, 3.05) is 32.7 Å². The Morgan fingerprint density at radius 1 is 1.27 bits per heavy atom. The molecular weight excluding hydrogens is 194 g/mol. The molecule has 0 aliphatic rings. The molecule has 0 unspecified atom stereocenters. The van der Waals surface area contributed by atoms with E-state index in [1.165, 1.54) is 0 Å². The van der Waals surface area contributed by atoms with E-state index in [1.54, 1.807) is 19.2 Å². The smallest absolute Gasteiger partial charge is 0.145 e. The summed E-state index contributed by atoms with van der Waals surface area (Å²) in [5.41, 5.74) is 6.28. The van der Waals surface area contributed by atoms with Crippen LogP contribution in [0.15, 0.2) is 18.2 Å².